The molecule has 0 fully saturated rings. The summed E-state index contributed by atoms with van der Waals surface area (Å²) in [4.78, 5) is 0. The molecule has 0 spiro atoms. The quantitative estimate of drug-likeness (QED) is 0.234. The summed E-state index contributed by atoms with van der Waals surface area (Å²) in [6.45, 7) is 6.30. The molecule has 0 amide bonds. The Morgan fingerprint density at radius 1 is 0.927 bits per heavy atom. The molecule has 41 heavy (non-hydrogen) atoms. The van der Waals surface area contributed by atoms with Gasteiger partial charge in [-0.15, -0.1) is 5.10 Å². The zero-order chi connectivity index (χ0) is 29.4. The highest BCUT2D eigenvalue weighted by molar-refractivity contribution is 7.90. The number of aromatic amines is 1. The van der Waals surface area contributed by atoms with Crippen molar-refractivity contribution in [3.63, 3.8) is 0 Å². The van der Waals surface area contributed by atoms with Gasteiger partial charge in [0, 0.05) is 23.1 Å². The molecule has 2 heterocycles. The van der Waals surface area contributed by atoms with Gasteiger partial charge in [0.05, 0.1) is 16.8 Å². The maximum absolute atomic E-state index is 13.7. The molecule has 5 aromatic rings. The summed E-state index contributed by atoms with van der Waals surface area (Å²) < 4.78 is 68.8. The highest BCUT2D eigenvalue weighted by Crippen LogP contribution is 2.34. The number of hydrogen-bond donors (Lipinski definition) is 1. The van der Waals surface area contributed by atoms with Crippen molar-refractivity contribution in [1.29, 1.82) is 0 Å². The fraction of sp³-hybridized carbons (Fsp3) is 0.233. The van der Waals surface area contributed by atoms with Crippen LogP contribution in [0.15, 0.2) is 78.9 Å². The summed E-state index contributed by atoms with van der Waals surface area (Å²) in [5.74, 6) is 0.148. The highest BCUT2D eigenvalue weighted by Gasteiger charge is 2.31. The summed E-state index contributed by atoms with van der Waals surface area (Å²) >= 11 is 0. The lowest BCUT2D eigenvalue weighted by Gasteiger charge is -2.19. The molecule has 0 aliphatic carbocycles. The molecule has 7 nitrogen and oxygen atoms in total. The lowest BCUT2D eigenvalue weighted by atomic mass is 9.86. The molecule has 0 radical (unpaired) electrons. The van der Waals surface area contributed by atoms with Crippen LogP contribution in [0.2, 0.25) is 0 Å². The van der Waals surface area contributed by atoms with Gasteiger partial charge in [0.15, 0.2) is 5.82 Å². The van der Waals surface area contributed by atoms with Crippen LogP contribution in [0.25, 0.3) is 28.4 Å². The van der Waals surface area contributed by atoms with Crippen molar-refractivity contribution in [2.45, 2.75) is 38.8 Å². The van der Waals surface area contributed by atoms with Crippen LogP contribution in [0.4, 0.5) is 13.2 Å². The molecule has 0 atom stereocenters. The molecule has 212 valence electrons. The molecule has 2 aromatic heterocycles. The van der Waals surface area contributed by atoms with Crippen LogP contribution >= 0.6 is 0 Å². The molecule has 0 aliphatic heterocycles. The monoisotopic (exact) mass is 579 g/mol. The van der Waals surface area contributed by atoms with E-state index >= 15 is 0 Å². The average Bonchev–Trinajstić information content (AvgIpc) is 3.56. The van der Waals surface area contributed by atoms with Crippen LogP contribution in [0.5, 0.6) is 0 Å². The Hall–Kier alpha value is -4.25. The number of tetrazole rings is 1. The van der Waals surface area contributed by atoms with E-state index in [9.17, 15) is 21.6 Å². The maximum Gasteiger partial charge on any atom is 0.416 e. The lowest BCUT2D eigenvalue weighted by molar-refractivity contribution is -0.137. The summed E-state index contributed by atoms with van der Waals surface area (Å²) in [5.41, 5.74) is 3.14. The van der Waals surface area contributed by atoms with E-state index in [-0.39, 0.29) is 28.5 Å². The van der Waals surface area contributed by atoms with E-state index in [4.69, 9.17) is 0 Å². The van der Waals surface area contributed by atoms with Crippen LogP contribution in [0.3, 0.4) is 0 Å². The number of alkyl halides is 3. The predicted octanol–water partition coefficient (Wildman–Crippen LogP) is 6.62. The predicted molar refractivity (Wildman–Crippen MR) is 153 cm³/mol. The number of hydrogen-bond acceptors (Lipinski definition) is 5. The molecular weight excluding hydrogens is 551 g/mol. The van der Waals surface area contributed by atoms with Crippen molar-refractivity contribution in [3.8, 4) is 11.4 Å². The van der Waals surface area contributed by atoms with Gasteiger partial charge in [-0.1, -0.05) is 81.5 Å². The molecule has 0 unspecified atom stereocenters. The van der Waals surface area contributed by atoms with Gasteiger partial charge in [-0.3, -0.25) is 0 Å². The average molecular weight is 580 g/mol. The first-order valence-corrected chi connectivity index (χ1v) is 14.5. The number of fused-ring (bicyclic) bond motifs is 1. The molecule has 0 saturated heterocycles. The molecule has 0 aliphatic rings. The van der Waals surface area contributed by atoms with Gasteiger partial charge in [-0.2, -0.15) is 13.2 Å². The number of nitrogens with zero attached hydrogens (tertiary/aromatic N) is 4. The van der Waals surface area contributed by atoms with Crippen molar-refractivity contribution in [3.05, 3.63) is 107 Å². The normalized spacial score (nSPS) is 12.9. The van der Waals surface area contributed by atoms with Crippen LogP contribution in [0, 0.1) is 0 Å². The Labute approximate surface area is 235 Å². The second kappa shape index (κ2) is 10.6. The van der Waals surface area contributed by atoms with Crippen LogP contribution in [0.1, 0.15) is 48.7 Å². The Morgan fingerprint density at radius 3 is 2.34 bits per heavy atom. The number of aromatic nitrogens is 5. The van der Waals surface area contributed by atoms with Gasteiger partial charge in [0.2, 0.25) is 10.0 Å². The summed E-state index contributed by atoms with van der Waals surface area (Å²) in [7, 11) is -3.98. The standard InChI is InChI=1S/C30H28F3N5O2S/c1-29(2,3)24-8-4-6-20(16-24)7-5-15-41(39,40)38-26(19-23-18-25(30(31,32)33)13-14-27(23)38)17-21-9-11-22(12-10-21)28-34-36-37-35-28/h4-14,16,18-19H,15,17H2,1-3H3,(H,34,35,36,37). The van der Waals surface area contributed by atoms with Gasteiger partial charge in [-0.05, 0) is 56.8 Å². The van der Waals surface area contributed by atoms with Crippen molar-refractivity contribution < 1.29 is 21.6 Å². The minimum Gasteiger partial charge on any atom is -0.241 e. The minimum absolute atomic E-state index is 0.0614. The molecule has 3 aromatic carbocycles. The van der Waals surface area contributed by atoms with Crippen LogP contribution in [-0.4, -0.2) is 38.8 Å². The Bertz CT molecular complexity index is 1820. The zero-order valence-corrected chi connectivity index (χ0v) is 23.5. The van der Waals surface area contributed by atoms with Crippen LogP contribution < -0.4 is 0 Å². The smallest absolute Gasteiger partial charge is 0.241 e. The van der Waals surface area contributed by atoms with E-state index in [1.54, 1.807) is 36.4 Å². The topological polar surface area (TPSA) is 93.5 Å². The van der Waals surface area contributed by atoms with Crippen molar-refractivity contribution >= 4 is 27.0 Å². The second-order valence-electron chi connectivity index (χ2n) is 10.9. The van der Waals surface area contributed by atoms with Gasteiger partial charge in [0.25, 0.3) is 0 Å². The van der Waals surface area contributed by atoms with E-state index < -0.39 is 21.8 Å². The SMILES string of the molecule is CC(C)(C)c1cccc(C=CCS(=O)(=O)n2c(Cc3ccc(-c4nnn[nH]4)cc3)cc3cc(C(F)(F)F)ccc32)c1. The Balaban J connectivity index is 1.50. The van der Waals surface area contributed by atoms with E-state index in [1.807, 2.05) is 24.3 Å². The van der Waals surface area contributed by atoms with Crippen molar-refractivity contribution in [2.24, 2.45) is 0 Å². The Kier molecular flexibility index (Phi) is 7.33. The van der Waals surface area contributed by atoms with Gasteiger partial charge < -0.3 is 0 Å². The first-order chi connectivity index (χ1) is 19.3. The molecule has 0 saturated carbocycles. The number of benzene rings is 3. The fourth-order valence-electron chi connectivity index (χ4n) is 4.64. The second-order valence-corrected chi connectivity index (χ2v) is 12.7. The van der Waals surface area contributed by atoms with Crippen molar-refractivity contribution in [2.75, 3.05) is 5.75 Å². The first kappa shape index (κ1) is 28.3. The van der Waals surface area contributed by atoms with Crippen LogP contribution in [-0.2, 0) is 28.0 Å². The Morgan fingerprint density at radius 2 is 1.68 bits per heavy atom. The third-order valence-electron chi connectivity index (χ3n) is 6.76. The number of rotatable bonds is 7. The molecule has 1 N–H and O–H groups in total. The summed E-state index contributed by atoms with van der Waals surface area (Å²) in [6.07, 6.45) is -1.05. The van der Waals surface area contributed by atoms with E-state index in [0.29, 0.717) is 11.5 Å². The fourth-order valence-corrected chi connectivity index (χ4v) is 6.06. The molecule has 5 rings (SSSR count). The zero-order valence-electron chi connectivity index (χ0n) is 22.6. The summed E-state index contributed by atoms with van der Waals surface area (Å²) in [6, 6.07) is 19.7. The van der Waals surface area contributed by atoms with E-state index in [2.05, 4.69) is 41.4 Å². The van der Waals surface area contributed by atoms with Gasteiger partial charge >= 0.3 is 6.18 Å². The van der Waals surface area contributed by atoms with E-state index in [0.717, 1.165) is 38.4 Å². The first-order valence-electron chi connectivity index (χ1n) is 12.9. The number of H-pyrrole nitrogens is 1. The maximum atomic E-state index is 13.7. The number of halogens is 3. The van der Waals surface area contributed by atoms with Gasteiger partial charge in [-0.25, -0.2) is 17.5 Å². The van der Waals surface area contributed by atoms with E-state index in [1.165, 1.54) is 12.1 Å². The summed E-state index contributed by atoms with van der Waals surface area (Å²) in [5, 5.41) is 13.9. The largest absolute Gasteiger partial charge is 0.416 e. The minimum atomic E-state index is -4.55. The molecule has 11 heteroatoms. The lowest BCUT2D eigenvalue weighted by Crippen LogP contribution is -2.18. The molecular formula is C30H28F3N5O2S. The third kappa shape index (κ3) is 6.25. The molecule has 0 bridgehead atoms. The number of nitrogens with one attached hydrogen (secondary N) is 1. The highest BCUT2D eigenvalue weighted by atomic mass is 32.2. The van der Waals surface area contributed by atoms with Gasteiger partial charge in [0.1, 0.15) is 0 Å². The third-order valence-corrected chi connectivity index (χ3v) is 8.36. The van der Waals surface area contributed by atoms with Crippen molar-refractivity contribution in [1.82, 2.24) is 24.6 Å².